The third kappa shape index (κ3) is 5.63. The Hall–Kier alpha value is -1.76. The molecule has 116 valence electrons. The van der Waals surface area contributed by atoms with E-state index in [1.807, 2.05) is 0 Å². The van der Waals surface area contributed by atoms with Crippen molar-refractivity contribution < 1.29 is 27.5 Å². The first-order valence-electron chi connectivity index (χ1n) is 6.06. The predicted molar refractivity (Wildman–Crippen MR) is 71.0 cm³/mol. The molecule has 0 aliphatic heterocycles. The van der Waals surface area contributed by atoms with Crippen LogP contribution in [0, 0.1) is 0 Å². The Bertz CT molecular complexity index is 532. The summed E-state index contributed by atoms with van der Waals surface area (Å²) in [7, 11) is 0. The van der Waals surface area contributed by atoms with Gasteiger partial charge in [-0.05, 0) is 25.1 Å². The summed E-state index contributed by atoms with van der Waals surface area (Å²) in [6, 6.07) is 2.60. The van der Waals surface area contributed by atoms with Crippen LogP contribution in [0.5, 0.6) is 0 Å². The summed E-state index contributed by atoms with van der Waals surface area (Å²) in [5, 5.41) is 2.11. The van der Waals surface area contributed by atoms with Gasteiger partial charge in [0.1, 0.15) is 0 Å². The molecule has 0 atom stereocenters. The van der Waals surface area contributed by atoms with Gasteiger partial charge in [-0.1, -0.05) is 11.6 Å². The fraction of sp³-hybridized carbons (Fsp3) is 0.385. The lowest BCUT2D eigenvalue weighted by Gasteiger charge is -2.11. The van der Waals surface area contributed by atoms with E-state index < -0.39 is 23.6 Å². The summed E-state index contributed by atoms with van der Waals surface area (Å²) in [6.45, 7) is 1.85. The molecule has 1 rings (SSSR count). The highest BCUT2D eigenvalue weighted by molar-refractivity contribution is 6.33. The fourth-order valence-corrected chi connectivity index (χ4v) is 1.68. The first kappa shape index (κ1) is 17.3. The minimum Gasteiger partial charge on any atom is -0.466 e. The zero-order valence-corrected chi connectivity index (χ0v) is 11.8. The smallest absolute Gasteiger partial charge is 0.416 e. The highest BCUT2D eigenvalue weighted by Crippen LogP contribution is 2.33. The molecule has 0 fully saturated rings. The molecule has 0 saturated carbocycles. The molecular formula is C13H13ClF3NO3. The number of carbonyl (C=O) groups is 2. The zero-order valence-electron chi connectivity index (χ0n) is 11.1. The monoisotopic (exact) mass is 323 g/mol. The summed E-state index contributed by atoms with van der Waals surface area (Å²) in [4.78, 5) is 22.6. The van der Waals surface area contributed by atoms with Gasteiger partial charge in [0.15, 0.2) is 0 Å². The first-order valence-corrected chi connectivity index (χ1v) is 6.44. The zero-order chi connectivity index (χ0) is 16.0. The number of hydrogen-bond acceptors (Lipinski definition) is 3. The Labute approximate surface area is 124 Å². The van der Waals surface area contributed by atoms with Crippen LogP contribution in [0.2, 0.25) is 5.02 Å². The van der Waals surface area contributed by atoms with Crippen LogP contribution < -0.4 is 5.32 Å². The number of alkyl halides is 3. The van der Waals surface area contributed by atoms with E-state index in [4.69, 9.17) is 11.6 Å². The number of benzene rings is 1. The van der Waals surface area contributed by atoms with Gasteiger partial charge >= 0.3 is 12.1 Å². The average Bonchev–Trinajstić information content (AvgIpc) is 2.38. The van der Waals surface area contributed by atoms with Crippen molar-refractivity contribution in [3.8, 4) is 0 Å². The van der Waals surface area contributed by atoms with E-state index in [1.165, 1.54) is 0 Å². The van der Waals surface area contributed by atoms with Gasteiger partial charge in [-0.2, -0.15) is 13.2 Å². The molecule has 1 N–H and O–H groups in total. The number of esters is 1. The third-order valence-electron chi connectivity index (χ3n) is 2.43. The van der Waals surface area contributed by atoms with Crippen molar-refractivity contribution in [3.05, 3.63) is 28.8 Å². The maximum Gasteiger partial charge on any atom is 0.416 e. The number of ether oxygens (including phenoxy) is 1. The van der Waals surface area contributed by atoms with E-state index in [2.05, 4.69) is 10.1 Å². The molecule has 0 aromatic heterocycles. The van der Waals surface area contributed by atoms with E-state index in [0.29, 0.717) is 0 Å². The van der Waals surface area contributed by atoms with Crippen molar-refractivity contribution in [2.75, 3.05) is 11.9 Å². The third-order valence-corrected chi connectivity index (χ3v) is 2.74. The fourth-order valence-electron chi connectivity index (χ4n) is 1.45. The van der Waals surface area contributed by atoms with E-state index >= 15 is 0 Å². The summed E-state index contributed by atoms with van der Waals surface area (Å²) in [5.74, 6) is -1.06. The molecule has 0 spiro atoms. The second kappa shape index (κ2) is 7.31. The summed E-state index contributed by atoms with van der Waals surface area (Å²) >= 11 is 5.69. The van der Waals surface area contributed by atoms with Gasteiger partial charge in [0.05, 0.1) is 29.3 Å². The van der Waals surface area contributed by atoms with E-state index in [9.17, 15) is 22.8 Å². The van der Waals surface area contributed by atoms with Gasteiger partial charge in [0, 0.05) is 6.42 Å². The second-order valence-electron chi connectivity index (χ2n) is 4.05. The standard InChI is InChI=1S/C13H13ClF3NO3/c1-2-21-12(20)6-5-11(19)18-10-4-3-8(7-9(10)14)13(15,16)17/h3-4,7H,2,5-6H2,1H3,(H,18,19). The summed E-state index contributed by atoms with van der Waals surface area (Å²) < 4.78 is 42.0. The molecule has 8 heteroatoms. The van der Waals surface area contributed by atoms with Crippen LogP contribution in [0.25, 0.3) is 0 Å². The van der Waals surface area contributed by atoms with Crippen molar-refractivity contribution in [2.45, 2.75) is 25.9 Å². The second-order valence-corrected chi connectivity index (χ2v) is 4.45. The van der Waals surface area contributed by atoms with Crippen LogP contribution in [0.4, 0.5) is 18.9 Å². The molecule has 1 aromatic carbocycles. The van der Waals surface area contributed by atoms with Crippen LogP contribution in [0.3, 0.4) is 0 Å². The number of anilines is 1. The maximum atomic E-state index is 12.4. The normalized spacial score (nSPS) is 11.1. The first-order chi connectivity index (χ1) is 9.74. The highest BCUT2D eigenvalue weighted by atomic mass is 35.5. The Morgan fingerprint density at radius 3 is 2.48 bits per heavy atom. The molecule has 0 unspecified atom stereocenters. The van der Waals surface area contributed by atoms with Crippen LogP contribution in [-0.2, 0) is 20.5 Å². The average molecular weight is 324 g/mol. The van der Waals surface area contributed by atoms with Gasteiger partial charge < -0.3 is 10.1 Å². The van der Waals surface area contributed by atoms with Crippen molar-refractivity contribution in [1.82, 2.24) is 0 Å². The number of rotatable bonds is 5. The molecule has 0 aliphatic rings. The molecule has 0 radical (unpaired) electrons. The Balaban J connectivity index is 2.63. The molecule has 0 heterocycles. The lowest BCUT2D eigenvalue weighted by atomic mass is 10.2. The largest absolute Gasteiger partial charge is 0.466 e. The molecule has 0 saturated heterocycles. The Morgan fingerprint density at radius 2 is 1.95 bits per heavy atom. The molecule has 4 nitrogen and oxygen atoms in total. The Kier molecular flexibility index (Phi) is 6.02. The molecule has 21 heavy (non-hydrogen) atoms. The SMILES string of the molecule is CCOC(=O)CCC(=O)Nc1ccc(C(F)(F)F)cc1Cl. The minimum atomic E-state index is -4.50. The topological polar surface area (TPSA) is 55.4 Å². The van der Waals surface area contributed by atoms with Crippen LogP contribution in [-0.4, -0.2) is 18.5 Å². The lowest BCUT2D eigenvalue weighted by Crippen LogP contribution is -2.15. The van der Waals surface area contributed by atoms with E-state index in [1.54, 1.807) is 6.92 Å². The molecular weight excluding hydrogens is 311 g/mol. The number of amides is 1. The van der Waals surface area contributed by atoms with Crippen molar-refractivity contribution in [3.63, 3.8) is 0 Å². The van der Waals surface area contributed by atoms with Crippen LogP contribution in [0.15, 0.2) is 18.2 Å². The van der Waals surface area contributed by atoms with Crippen LogP contribution in [0.1, 0.15) is 25.3 Å². The summed E-state index contributed by atoms with van der Waals surface area (Å²) in [6.07, 6.45) is -4.76. The number of carbonyl (C=O) groups excluding carboxylic acids is 2. The van der Waals surface area contributed by atoms with Gasteiger partial charge in [0.25, 0.3) is 0 Å². The van der Waals surface area contributed by atoms with E-state index in [0.717, 1.165) is 18.2 Å². The highest BCUT2D eigenvalue weighted by Gasteiger charge is 2.30. The molecule has 0 aliphatic carbocycles. The minimum absolute atomic E-state index is 0.0542. The summed E-state index contributed by atoms with van der Waals surface area (Å²) in [5.41, 5.74) is -0.851. The number of hydrogen-bond donors (Lipinski definition) is 1. The van der Waals surface area contributed by atoms with E-state index in [-0.39, 0.29) is 30.2 Å². The number of nitrogens with one attached hydrogen (secondary N) is 1. The Morgan fingerprint density at radius 1 is 1.29 bits per heavy atom. The van der Waals surface area contributed by atoms with Crippen molar-refractivity contribution >= 4 is 29.2 Å². The van der Waals surface area contributed by atoms with Crippen molar-refractivity contribution in [2.24, 2.45) is 0 Å². The van der Waals surface area contributed by atoms with Gasteiger partial charge in [-0.3, -0.25) is 9.59 Å². The lowest BCUT2D eigenvalue weighted by molar-refractivity contribution is -0.144. The molecule has 1 aromatic rings. The molecule has 1 amide bonds. The van der Waals surface area contributed by atoms with Gasteiger partial charge in [-0.25, -0.2) is 0 Å². The van der Waals surface area contributed by atoms with Gasteiger partial charge in [-0.15, -0.1) is 0 Å². The molecule has 0 bridgehead atoms. The quantitative estimate of drug-likeness (QED) is 0.842. The van der Waals surface area contributed by atoms with Gasteiger partial charge in [0.2, 0.25) is 5.91 Å². The maximum absolute atomic E-state index is 12.4. The predicted octanol–water partition coefficient (Wildman–Crippen LogP) is 3.64. The van der Waals surface area contributed by atoms with Crippen molar-refractivity contribution in [1.29, 1.82) is 0 Å². The number of halogens is 4. The van der Waals surface area contributed by atoms with Crippen LogP contribution >= 0.6 is 11.6 Å².